The zero-order valence-electron chi connectivity index (χ0n) is 12.0. The molecule has 5 nitrogen and oxygen atoms in total. The highest BCUT2D eigenvalue weighted by molar-refractivity contribution is 6.31. The number of hydrogen-bond donors (Lipinski definition) is 2. The van der Waals surface area contributed by atoms with Crippen molar-refractivity contribution in [1.82, 2.24) is 15.2 Å². The zero-order chi connectivity index (χ0) is 15.5. The topological polar surface area (TPSA) is 65.1 Å². The lowest BCUT2D eigenvalue weighted by Gasteiger charge is -2.33. The van der Waals surface area contributed by atoms with Crippen LogP contribution in [0.15, 0.2) is 6.20 Å². The number of hydrazine groups is 1. The van der Waals surface area contributed by atoms with E-state index in [4.69, 9.17) is 22.2 Å². The zero-order valence-corrected chi connectivity index (χ0v) is 12.7. The van der Waals surface area contributed by atoms with E-state index in [-0.39, 0.29) is 24.8 Å². The van der Waals surface area contributed by atoms with E-state index in [9.17, 15) is 8.78 Å². The van der Waals surface area contributed by atoms with Gasteiger partial charge in [-0.3, -0.25) is 16.0 Å². The number of aromatic nitrogens is 2. The van der Waals surface area contributed by atoms with E-state index in [1.807, 2.05) is 0 Å². The molecule has 0 radical (unpaired) electrons. The minimum atomic E-state index is -2.56. The van der Waals surface area contributed by atoms with E-state index in [1.54, 1.807) is 18.0 Å². The minimum absolute atomic E-state index is 0.0186. The first-order valence-corrected chi connectivity index (χ1v) is 7.40. The SMILES string of the molecule is COCCn1ncc(Cl)c1C(NN)C1CCC(F)(F)CC1. The third-order valence-electron chi connectivity index (χ3n) is 4.05. The molecule has 1 aliphatic carbocycles. The van der Waals surface area contributed by atoms with Gasteiger partial charge in [-0.25, -0.2) is 8.78 Å². The van der Waals surface area contributed by atoms with Gasteiger partial charge < -0.3 is 4.74 Å². The van der Waals surface area contributed by atoms with Crippen molar-refractivity contribution in [2.75, 3.05) is 13.7 Å². The fourth-order valence-corrected chi connectivity index (χ4v) is 3.13. The van der Waals surface area contributed by atoms with Crippen LogP contribution < -0.4 is 11.3 Å². The van der Waals surface area contributed by atoms with Crippen LogP contribution in [0.5, 0.6) is 0 Å². The molecule has 3 N–H and O–H groups in total. The molecule has 0 bridgehead atoms. The Hall–Kier alpha value is -0.760. The van der Waals surface area contributed by atoms with Gasteiger partial charge in [-0.05, 0) is 18.8 Å². The van der Waals surface area contributed by atoms with Gasteiger partial charge >= 0.3 is 0 Å². The lowest BCUT2D eigenvalue weighted by Crippen LogP contribution is -2.38. The number of alkyl halides is 2. The van der Waals surface area contributed by atoms with Gasteiger partial charge in [-0.15, -0.1) is 0 Å². The van der Waals surface area contributed by atoms with Crippen LogP contribution in [-0.2, 0) is 11.3 Å². The first kappa shape index (κ1) is 16.6. The highest BCUT2D eigenvalue weighted by Crippen LogP contribution is 2.42. The van der Waals surface area contributed by atoms with Crippen LogP contribution in [0.1, 0.15) is 37.4 Å². The molecule has 1 fully saturated rings. The van der Waals surface area contributed by atoms with Crippen LogP contribution in [-0.4, -0.2) is 29.4 Å². The van der Waals surface area contributed by atoms with Crippen LogP contribution in [0, 0.1) is 5.92 Å². The van der Waals surface area contributed by atoms with Crippen molar-refractivity contribution in [2.45, 2.75) is 44.2 Å². The molecule has 120 valence electrons. The van der Waals surface area contributed by atoms with Crippen LogP contribution >= 0.6 is 11.6 Å². The highest BCUT2D eigenvalue weighted by atomic mass is 35.5. The summed E-state index contributed by atoms with van der Waals surface area (Å²) in [5.74, 6) is 3.12. The van der Waals surface area contributed by atoms with Crippen molar-refractivity contribution in [3.63, 3.8) is 0 Å². The van der Waals surface area contributed by atoms with E-state index < -0.39 is 5.92 Å². The van der Waals surface area contributed by atoms with Gasteiger partial charge in [0.05, 0.1) is 36.1 Å². The summed E-state index contributed by atoms with van der Waals surface area (Å²) < 4.78 is 33.4. The van der Waals surface area contributed by atoms with Crippen LogP contribution in [0.25, 0.3) is 0 Å². The Morgan fingerprint density at radius 1 is 1.57 bits per heavy atom. The summed E-state index contributed by atoms with van der Waals surface area (Å²) in [5.41, 5.74) is 3.47. The number of hydrogen-bond acceptors (Lipinski definition) is 4. The molecule has 1 atom stereocenters. The summed E-state index contributed by atoms with van der Waals surface area (Å²) in [4.78, 5) is 0. The molecule has 1 unspecified atom stereocenters. The summed E-state index contributed by atoms with van der Waals surface area (Å²) in [6.07, 6.45) is 2.15. The molecule has 21 heavy (non-hydrogen) atoms. The normalized spacial score (nSPS) is 20.6. The molecule has 2 rings (SSSR count). The molecule has 1 aromatic heterocycles. The molecule has 1 saturated carbocycles. The second-order valence-electron chi connectivity index (χ2n) is 5.43. The van der Waals surface area contributed by atoms with Crippen molar-refractivity contribution >= 4 is 11.6 Å². The third kappa shape index (κ3) is 3.91. The van der Waals surface area contributed by atoms with Gasteiger partial charge in [0.15, 0.2) is 0 Å². The number of nitrogens with zero attached hydrogens (tertiary/aromatic N) is 2. The number of ether oxygens (including phenoxy) is 1. The second-order valence-corrected chi connectivity index (χ2v) is 5.84. The average Bonchev–Trinajstić information content (AvgIpc) is 2.81. The fourth-order valence-electron chi connectivity index (χ4n) is 2.87. The molecule has 0 aliphatic heterocycles. The largest absolute Gasteiger partial charge is 0.383 e. The molecule has 1 heterocycles. The molecule has 1 aromatic rings. The third-order valence-corrected chi connectivity index (χ3v) is 4.34. The van der Waals surface area contributed by atoms with E-state index >= 15 is 0 Å². The van der Waals surface area contributed by atoms with Crippen LogP contribution in [0.4, 0.5) is 8.78 Å². The van der Waals surface area contributed by atoms with E-state index in [1.165, 1.54) is 0 Å². The Morgan fingerprint density at radius 3 is 2.81 bits per heavy atom. The molecule has 0 spiro atoms. The molecule has 8 heteroatoms. The number of rotatable bonds is 6. The van der Waals surface area contributed by atoms with E-state index in [0.29, 0.717) is 31.0 Å². The molecular formula is C13H21ClF2N4O. The number of nitrogens with one attached hydrogen (secondary N) is 1. The van der Waals surface area contributed by atoms with Gasteiger partial charge in [-0.2, -0.15) is 5.10 Å². The smallest absolute Gasteiger partial charge is 0.248 e. The molecular weight excluding hydrogens is 302 g/mol. The minimum Gasteiger partial charge on any atom is -0.383 e. The highest BCUT2D eigenvalue weighted by Gasteiger charge is 2.39. The first-order chi connectivity index (χ1) is 9.98. The fraction of sp³-hybridized carbons (Fsp3) is 0.769. The molecule has 0 amide bonds. The van der Waals surface area contributed by atoms with Crippen molar-refractivity contribution < 1.29 is 13.5 Å². The van der Waals surface area contributed by atoms with E-state index in [2.05, 4.69) is 10.5 Å². The predicted molar refractivity (Wildman–Crippen MR) is 76.1 cm³/mol. The van der Waals surface area contributed by atoms with Gasteiger partial charge in [0.25, 0.3) is 0 Å². The quantitative estimate of drug-likeness (QED) is 0.624. The lowest BCUT2D eigenvalue weighted by atomic mass is 9.81. The molecule has 0 saturated heterocycles. The maximum absolute atomic E-state index is 13.3. The Morgan fingerprint density at radius 2 is 2.24 bits per heavy atom. The van der Waals surface area contributed by atoms with Crippen molar-refractivity contribution in [2.24, 2.45) is 11.8 Å². The standard InChI is InChI=1S/C13H21ClF2N4O/c1-21-7-6-20-12(10(14)8-18-20)11(19-17)9-2-4-13(15,16)5-3-9/h8-9,11,19H,2-7,17H2,1H3. The second kappa shape index (κ2) is 7.00. The number of nitrogens with two attached hydrogens (primary N) is 1. The Bertz CT molecular complexity index is 459. The maximum atomic E-state index is 13.3. The van der Waals surface area contributed by atoms with Crippen LogP contribution in [0.3, 0.4) is 0 Å². The van der Waals surface area contributed by atoms with Gasteiger partial charge in [-0.1, -0.05) is 11.6 Å². The van der Waals surface area contributed by atoms with Crippen LogP contribution in [0.2, 0.25) is 5.02 Å². The number of methoxy groups -OCH3 is 1. The van der Waals surface area contributed by atoms with Gasteiger partial charge in [0, 0.05) is 20.0 Å². The van der Waals surface area contributed by atoms with E-state index in [0.717, 1.165) is 5.69 Å². The van der Waals surface area contributed by atoms with Gasteiger partial charge in [0.1, 0.15) is 0 Å². The van der Waals surface area contributed by atoms with Gasteiger partial charge in [0.2, 0.25) is 5.92 Å². The summed E-state index contributed by atoms with van der Waals surface area (Å²) in [5, 5.41) is 4.70. The predicted octanol–water partition coefficient (Wildman–Crippen LogP) is 2.51. The lowest BCUT2D eigenvalue weighted by molar-refractivity contribution is -0.0501. The van der Waals surface area contributed by atoms with Crippen molar-refractivity contribution in [3.8, 4) is 0 Å². The van der Waals surface area contributed by atoms with Crippen molar-refractivity contribution in [1.29, 1.82) is 0 Å². The monoisotopic (exact) mass is 322 g/mol. The average molecular weight is 323 g/mol. The summed E-state index contributed by atoms with van der Waals surface area (Å²) >= 11 is 6.20. The van der Waals surface area contributed by atoms with Crippen molar-refractivity contribution in [3.05, 3.63) is 16.9 Å². The molecule has 0 aromatic carbocycles. The maximum Gasteiger partial charge on any atom is 0.248 e. The Labute approximate surface area is 127 Å². The summed E-state index contributed by atoms with van der Waals surface area (Å²) in [6, 6.07) is -0.284. The Balaban J connectivity index is 2.16. The Kier molecular flexibility index (Phi) is 5.54. The number of halogens is 3. The first-order valence-electron chi connectivity index (χ1n) is 7.02. The molecule has 1 aliphatic rings. The summed E-state index contributed by atoms with van der Waals surface area (Å²) in [6.45, 7) is 1.03. The summed E-state index contributed by atoms with van der Waals surface area (Å²) in [7, 11) is 1.60.